The molecule has 5 aromatic carbocycles. The van der Waals surface area contributed by atoms with Crippen LogP contribution in [0.2, 0.25) is 0 Å². The summed E-state index contributed by atoms with van der Waals surface area (Å²) in [6.07, 6.45) is 3.74. The van der Waals surface area contributed by atoms with Gasteiger partial charge in [-0.05, 0) is 100 Å². The van der Waals surface area contributed by atoms with Gasteiger partial charge in [-0.2, -0.15) is 5.26 Å². The second-order valence-corrected chi connectivity index (χ2v) is 13.2. The summed E-state index contributed by atoms with van der Waals surface area (Å²) in [5.74, 6) is 0. The molecule has 10 rings (SSSR count). The van der Waals surface area contributed by atoms with E-state index in [1.54, 1.807) is 0 Å². The van der Waals surface area contributed by atoms with Crippen LogP contribution in [0.1, 0.15) is 27.8 Å². The number of hydrogen-bond acceptors (Lipinski definition) is 4. The highest BCUT2D eigenvalue weighted by Crippen LogP contribution is 2.61. The second-order valence-electron chi connectivity index (χ2n) is 12.1. The van der Waals surface area contributed by atoms with Gasteiger partial charge in [0.2, 0.25) is 0 Å². The Balaban J connectivity index is 1.21. The average molecular weight is 617 g/mol. The standard InChI is InChI=1S/C42H24N4S/c43-25-26-14-18-36-30(22-26)31-23-27(16-19-37(31)46(36)29-8-2-1-3-9-29)28-15-17-33-39(24-28)47-38-13-5-4-10-32(38)42(33)34-11-6-20-44-40(34)41-35(42)12-7-21-45-41/h1-24H. The minimum absolute atomic E-state index is 0.496. The Labute approximate surface area is 275 Å². The Bertz CT molecular complexity index is 2580. The predicted molar refractivity (Wildman–Crippen MR) is 188 cm³/mol. The lowest BCUT2D eigenvalue weighted by atomic mass is 9.67. The average Bonchev–Trinajstić information content (AvgIpc) is 3.62. The lowest BCUT2D eigenvalue weighted by Gasteiger charge is -2.39. The molecule has 2 aliphatic rings. The van der Waals surface area contributed by atoms with E-state index in [0.29, 0.717) is 5.56 Å². The number of benzene rings is 5. The molecule has 0 N–H and O–H groups in total. The van der Waals surface area contributed by atoms with Crippen LogP contribution in [-0.4, -0.2) is 14.5 Å². The third-order valence-corrected chi connectivity index (χ3v) is 10.9. The van der Waals surface area contributed by atoms with Crippen molar-refractivity contribution in [2.75, 3.05) is 0 Å². The fourth-order valence-corrected chi connectivity index (χ4v) is 9.10. The van der Waals surface area contributed by atoms with Crippen molar-refractivity contribution in [3.63, 3.8) is 0 Å². The van der Waals surface area contributed by atoms with Crippen molar-refractivity contribution in [3.8, 4) is 34.3 Å². The smallest absolute Gasteiger partial charge is 0.0991 e. The van der Waals surface area contributed by atoms with Gasteiger partial charge in [0.05, 0.1) is 39.5 Å². The highest BCUT2D eigenvalue weighted by atomic mass is 32.2. The SMILES string of the molecule is N#Cc1ccc2c(c1)c1cc(-c3ccc4c(c3)Sc3ccccc3C43c4cccnc4-c4ncccc43)ccc1n2-c1ccccc1. The summed E-state index contributed by atoms with van der Waals surface area (Å²) in [5, 5.41) is 12.0. The molecule has 47 heavy (non-hydrogen) atoms. The summed E-state index contributed by atoms with van der Waals surface area (Å²) in [4.78, 5) is 12.2. The predicted octanol–water partition coefficient (Wildman–Crippen LogP) is 9.94. The van der Waals surface area contributed by atoms with Crippen molar-refractivity contribution in [1.82, 2.24) is 14.5 Å². The minimum atomic E-state index is -0.496. The van der Waals surface area contributed by atoms with Crippen molar-refractivity contribution in [3.05, 3.63) is 174 Å². The summed E-state index contributed by atoms with van der Waals surface area (Å²) in [6, 6.07) is 49.7. The molecule has 5 heteroatoms. The summed E-state index contributed by atoms with van der Waals surface area (Å²) >= 11 is 1.83. The molecule has 0 saturated carbocycles. The van der Waals surface area contributed by atoms with Crippen LogP contribution in [0.25, 0.3) is 50.0 Å². The van der Waals surface area contributed by atoms with Crippen LogP contribution in [0.5, 0.6) is 0 Å². The van der Waals surface area contributed by atoms with Crippen LogP contribution in [0.15, 0.2) is 156 Å². The molecule has 4 nitrogen and oxygen atoms in total. The summed E-state index contributed by atoms with van der Waals surface area (Å²) < 4.78 is 2.29. The maximum absolute atomic E-state index is 9.75. The highest BCUT2D eigenvalue weighted by Gasteiger charge is 2.51. The first kappa shape index (κ1) is 26.3. The van der Waals surface area contributed by atoms with E-state index in [9.17, 15) is 5.26 Å². The zero-order valence-corrected chi connectivity index (χ0v) is 25.9. The minimum Gasteiger partial charge on any atom is -0.309 e. The fourth-order valence-electron chi connectivity index (χ4n) is 7.87. The number of fused-ring (bicyclic) bond motifs is 12. The van der Waals surface area contributed by atoms with E-state index in [0.717, 1.165) is 50.0 Å². The van der Waals surface area contributed by atoms with Crippen molar-refractivity contribution < 1.29 is 0 Å². The maximum atomic E-state index is 9.75. The van der Waals surface area contributed by atoms with Crippen molar-refractivity contribution in [1.29, 1.82) is 5.26 Å². The molecule has 0 saturated heterocycles. The third kappa shape index (κ3) is 3.53. The van der Waals surface area contributed by atoms with E-state index in [4.69, 9.17) is 9.97 Å². The monoisotopic (exact) mass is 616 g/mol. The van der Waals surface area contributed by atoms with E-state index in [1.165, 1.54) is 32.0 Å². The van der Waals surface area contributed by atoms with Gasteiger partial charge < -0.3 is 4.57 Å². The zero-order chi connectivity index (χ0) is 31.1. The molecular weight excluding hydrogens is 593 g/mol. The van der Waals surface area contributed by atoms with E-state index in [2.05, 4.69) is 114 Å². The summed E-state index contributed by atoms with van der Waals surface area (Å²) in [6.45, 7) is 0. The van der Waals surface area contributed by atoms with Crippen LogP contribution < -0.4 is 0 Å². The molecule has 0 amide bonds. The van der Waals surface area contributed by atoms with Gasteiger partial charge in [0.15, 0.2) is 0 Å². The lowest BCUT2D eigenvalue weighted by molar-refractivity contribution is 0.719. The van der Waals surface area contributed by atoms with Crippen LogP contribution in [0.3, 0.4) is 0 Å². The zero-order valence-electron chi connectivity index (χ0n) is 25.1. The van der Waals surface area contributed by atoms with Gasteiger partial charge in [-0.1, -0.05) is 78.5 Å². The molecule has 0 unspecified atom stereocenters. The normalized spacial score (nSPS) is 13.6. The van der Waals surface area contributed by atoms with Crippen molar-refractivity contribution >= 4 is 33.6 Å². The number of aromatic nitrogens is 3. The van der Waals surface area contributed by atoms with Gasteiger partial charge in [-0.15, -0.1) is 0 Å². The molecule has 1 aliphatic carbocycles. The van der Waals surface area contributed by atoms with Gasteiger partial charge in [-0.25, -0.2) is 0 Å². The molecule has 218 valence electrons. The Morgan fingerprint density at radius 1 is 0.553 bits per heavy atom. The second kappa shape index (κ2) is 9.77. The van der Waals surface area contributed by atoms with Gasteiger partial charge >= 0.3 is 0 Å². The molecule has 1 aliphatic heterocycles. The molecule has 0 atom stereocenters. The van der Waals surface area contributed by atoms with Gasteiger partial charge in [0.1, 0.15) is 0 Å². The first-order valence-electron chi connectivity index (χ1n) is 15.6. The van der Waals surface area contributed by atoms with Crippen molar-refractivity contribution in [2.45, 2.75) is 15.2 Å². The first-order valence-corrected chi connectivity index (χ1v) is 16.4. The summed E-state index contributed by atoms with van der Waals surface area (Å²) in [7, 11) is 0. The number of nitriles is 1. The topological polar surface area (TPSA) is 54.5 Å². The Hall–Kier alpha value is -5.96. The first-order chi connectivity index (χ1) is 23.3. The molecule has 0 fully saturated rings. The third-order valence-electron chi connectivity index (χ3n) is 9.79. The Morgan fingerprint density at radius 2 is 1.17 bits per heavy atom. The number of pyridine rings is 2. The van der Waals surface area contributed by atoms with Gasteiger partial charge in [0.25, 0.3) is 0 Å². The summed E-state index contributed by atoms with van der Waals surface area (Å²) in [5.41, 5.74) is 12.5. The highest BCUT2D eigenvalue weighted by molar-refractivity contribution is 7.99. The van der Waals surface area contributed by atoms with Crippen LogP contribution in [0.4, 0.5) is 0 Å². The van der Waals surface area contributed by atoms with E-state index in [1.807, 2.05) is 54.5 Å². The lowest BCUT2D eigenvalue weighted by Crippen LogP contribution is -2.32. The van der Waals surface area contributed by atoms with Crippen LogP contribution in [-0.2, 0) is 5.41 Å². The molecule has 0 bridgehead atoms. The van der Waals surface area contributed by atoms with Gasteiger partial charge in [0, 0.05) is 38.6 Å². The largest absolute Gasteiger partial charge is 0.309 e. The fraction of sp³-hybridized carbons (Fsp3) is 0.0238. The van der Waals surface area contributed by atoms with E-state index < -0.39 is 5.41 Å². The maximum Gasteiger partial charge on any atom is 0.0991 e. The molecular formula is C42H24N4S. The van der Waals surface area contributed by atoms with E-state index in [-0.39, 0.29) is 0 Å². The molecule has 3 aromatic heterocycles. The van der Waals surface area contributed by atoms with E-state index >= 15 is 0 Å². The molecule has 4 heterocycles. The number of rotatable bonds is 2. The molecule has 8 aromatic rings. The number of para-hydroxylation sites is 1. The molecule has 1 spiro atoms. The van der Waals surface area contributed by atoms with Crippen LogP contribution in [0, 0.1) is 11.3 Å². The number of hydrogen-bond donors (Lipinski definition) is 0. The molecule has 0 radical (unpaired) electrons. The van der Waals surface area contributed by atoms with Crippen molar-refractivity contribution in [2.24, 2.45) is 0 Å². The van der Waals surface area contributed by atoms with Crippen LogP contribution >= 0.6 is 11.8 Å². The quantitative estimate of drug-likeness (QED) is 0.194. The Morgan fingerprint density at radius 3 is 1.94 bits per heavy atom. The van der Waals surface area contributed by atoms with Gasteiger partial charge in [-0.3, -0.25) is 9.97 Å². The Kier molecular flexibility index (Phi) is 5.46. The number of nitrogens with zero attached hydrogens (tertiary/aromatic N) is 4.